The highest BCUT2D eigenvalue weighted by atomic mass is 16.1. The first-order chi connectivity index (χ1) is 12.1. The van der Waals surface area contributed by atoms with E-state index < -0.39 is 0 Å². The maximum absolute atomic E-state index is 12.7. The monoisotopic (exact) mass is 336 g/mol. The van der Waals surface area contributed by atoms with E-state index >= 15 is 0 Å². The lowest BCUT2D eigenvalue weighted by Gasteiger charge is -2.33. The van der Waals surface area contributed by atoms with Gasteiger partial charge in [0, 0.05) is 32.6 Å². The summed E-state index contributed by atoms with van der Waals surface area (Å²) >= 11 is 0. The number of benzene rings is 1. The molecule has 1 aromatic heterocycles. The Hall–Kier alpha value is -2.27. The Bertz CT molecular complexity index is 782. The smallest absolute Gasteiger partial charge is 0.225 e. The van der Waals surface area contributed by atoms with Crippen LogP contribution in [0.3, 0.4) is 0 Å². The molecule has 1 aromatic carbocycles. The summed E-state index contributed by atoms with van der Waals surface area (Å²) in [5.41, 5.74) is 3.73. The van der Waals surface area contributed by atoms with Crippen molar-refractivity contribution in [3.63, 3.8) is 0 Å². The molecular formula is C20H24N4O. The molecule has 1 aliphatic carbocycles. The van der Waals surface area contributed by atoms with Crippen LogP contribution in [0.25, 0.3) is 0 Å². The number of ketones is 1. The van der Waals surface area contributed by atoms with E-state index in [0.717, 1.165) is 55.5 Å². The van der Waals surface area contributed by atoms with E-state index in [1.165, 1.54) is 5.56 Å². The number of aryl methyl sites for hydroxylation is 1. The van der Waals surface area contributed by atoms with Gasteiger partial charge in [0.05, 0.1) is 17.0 Å². The summed E-state index contributed by atoms with van der Waals surface area (Å²) in [6.45, 7) is 5.85. The molecule has 4 rings (SSSR count). The molecule has 0 radical (unpaired) electrons. The lowest BCUT2D eigenvalue weighted by Crippen LogP contribution is -2.45. The first kappa shape index (κ1) is 16.2. The summed E-state index contributed by atoms with van der Waals surface area (Å²) in [4.78, 5) is 26.8. The molecule has 1 aliphatic heterocycles. The topological polar surface area (TPSA) is 49.3 Å². The average molecular weight is 336 g/mol. The zero-order valence-corrected chi connectivity index (χ0v) is 14.9. The number of likely N-dealkylation sites (N-methyl/N-ethyl adjacent to an activating group) is 1. The minimum absolute atomic E-state index is 0.178. The van der Waals surface area contributed by atoms with Gasteiger partial charge >= 0.3 is 0 Å². The van der Waals surface area contributed by atoms with Crippen LogP contribution in [0.4, 0.5) is 5.95 Å². The average Bonchev–Trinajstić information content (AvgIpc) is 2.62. The van der Waals surface area contributed by atoms with Crippen LogP contribution in [0.5, 0.6) is 0 Å². The van der Waals surface area contributed by atoms with Crippen LogP contribution in [0, 0.1) is 6.92 Å². The minimum atomic E-state index is 0.178. The summed E-state index contributed by atoms with van der Waals surface area (Å²) in [6, 6.07) is 10.3. The lowest BCUT2D eigenvalue weighted by molar-refractivity contribution is 0.0962. The van der Waals surface area contributed by atoms with E-state index in [2.05, 4.69) is 34.0 Å². The molecule has 2 aliphatic rings. The summed E-state index contributed by atoms with van der Waals surface area (Å²) < 4.78 is 0. The number of carbonyl (C=O) groups is 1. The van der Waals surface area contributed by atoms with Crippen molar-refractivity contribution in [2.45, 2.75) is 25.7 Å². The van der Waals surface area contributed by atoms with Gasteiger partial charge in [0.1, 0.15) is 0 Å². The Morgan fingerprint density at radius 2 is 1.72 bits per heavy atom. The second-order valence-electron chi connectivity index (χ2n) is 7.16. The molecule has 0 spiro atoms. The molecule has 1 atom stereocenters. The number of carbonyl (C=O) groups excluding carboxylic acids is 1. The first-order valence-corrected chi connectivity index (χ1v) is 9.01. The number of hydrogen-bond donors (Lipinski definition) is 0. The Kier molecular flexibility index (Phi) is 4.25. The standard InChI is InChI=1S/C20H24N4O/c1-14-19-17(22-20(21-14)24-10-8-23(2)9-11-24)12-16(13-18(19)25)15-6-4-3-5-7-15/h3-7,16H,8-13H2,1-2H3/t16-/m1/s1. The Morgan fingerprint density at radius 3 is 2.44 bits per heavy atom. The number of piperazine rings is 1. The van der Waals surface area contributed by atoms with Gasteiger partial charge in [-0.25, -0.2) is 9.97 Å². The van der Waals surface area contributed by atoms with Crippen molar-refractivity contribution in [2.24, 2.45) is 0 Å². The fourth-order valence-corrected chi connectivity index (χ4v) is 3.87. The van der Waals surface area contributed by atoms with Crippen LogP contribution in [-0.4, -0.2) is 53.9 Å². The highest BCUT2D eigenvalue weighted by Gasteiger charge is 2.30. The zero-order valence-electron chi connectivity index (χ0n) is 14.9. The minimum Gasteiger partial charge on any atom is -0.338 e. The van der Waals surface area contributed by atoms with Crippen LogP contribution in [0.15, 0.2) is 30.3 Å². The third-order valence-corrected chi connectivity index (χ3v) is 5.36. The lowest BCUT2D eigenvalue weighted by atomic mass is 9.81. The number of anilines is 1. The molecule has 0 bridgehead atoms. The third-order valence-electron chi connectivity index (χ3n) is 5.36. The highest BCUT2D eigenvalue weighted by molar-refractivity contribution is 5.99. The molecule has 1 saturated heterocycles. The van der Waals surface area contributed by atoms with E-state index in [-0.39, 0.29) is 11.7 Å². The van der Waals surface area contributed by atoms with Crippen LogP contribution in [0.2, 0.25) is 0 Å². The molecule has 5 nitrogen and oxygen atoms in total. The SMILES string of the molecule is Cc1nc(N2CCN(C)CC2)nc2c1C(=O)C[C@H](c1ccccc1)C2. The molecule has 0 N–H and O–H groups in total. The first-order valence-electron chi connectivity index (χ1n) is 9.01. The summed E-state index contributed by atoms with van der Waals surface area (Å²) in [7, 11) is 2.14. The molecular weight excluding hydrogens is 312 g/mol. The predicted octanol–water partition coefficient (Wildman–Crippen LogP) is 2.45. The van der Waals surface area contributed by atoms with Gasteiger partial charge in [0.2, 0.25) is 5.95 Å². The number of nitrogens with zero attached hydrogens (tertiary/aromatic N) is 4. The summed E-state index contributed by atoms with van der Waals surface area (Å²) in [5, 5.41) is 0. The van der Waals surface area contributed by atoms with Gasteiger partial charge in [-0.15, -0.1) is 0 Å². The molecule has 2 aromatic rings. The summed E-state index contributed by atoms with van der Waals surface area (Å²) in [5.74, 6) is 1.18. The van der Waals surface area contributed by atoms with Crippen molar-refractivity contribution >= 4 is 11.7 Å². The number of hydrogen-bond acceptors (Lipinski definition) is 5. The van der Waals surface area contributed by atoms with Crippen LogP contribution < -0.4 is 4.90 Å². The van der Waals surface area contributed by atoms with E-state index in [1.807, 2.05) is 25.1 Å². The number of aromatic nitrogens is 2. The van der Waals surface area contributed by atoms with E-state index in [0.29, 0.717) is 6.42 Å². The van der Waals surface area contributed by atoms with Crippen molar-refractivity contribution < 1.29 is 4.79 Å². The molecule has 2 heterocycles. The highest BCUT2D eigenvalue weighted by Crippen LogP contribution is 2.33. The third kappa shape index (κ3) is 3.16. The fourth-order valence-electron chi connectivity index (χ4n) is 3.87. The second-order valence-corrected chi connectivity index (χ2v) is 7.16. The van der Waals surface area contributed by atoms with E-state index in [4.69, 9.17) is 4.98 Å². The Morgan fingerprint density at radius 1 is 1.00 bits per heavy atom. The quantitative estimate of drug-likeness (QED) is 0.843. The molecule has 25 heavy (non-hydrogen) atoms. The van der Waals surface area contributed by atoms with Gasteiger partial charge < -0.3 is 9.80 Å². The van der Waals surface area contributed by atoms with E-state index in [1.54, 1.807) is 0 Å². The largest absolute Gasteiger partial charge is 0.338 e. The zero-order chi connectivity index (χ0) is 17.4. The van der Waals surface area contributed by atoms with Gasteiger partial charge in [0.25, 0.3) is 0 Å². The maximum Gasteiger partial charge on any atom is 0.225 e. The van der Waals surface area contributed by atoms with Gasteiger partial charge in [-0.1, -0.05) is 30.3 Å². The number of Topliss-reactive ketones (excluding diaryl/α,β-unsaturated/α-hetero) is 1. The Labute approximate surface area is 148 Å². The molecule has 1 fully saturated rings. The van der Waals surface area contributed by atoms with Gasteiger partial charge in [-0.2, -0.15) is 0 Å². The van der Waals surface area contributed by atoms with Crippen molar-refractivity contribution in [1.82, 2.24) is 14.9 Å². The van der Waals surface area contributed by atoms with Crippen LogP contribution in [0.1, 0.15) is 39.6 Å². The molecule has 0 unspecified atom stereocenters. The Balaban J connectivity index is 1.66. The van der Waals surface area contributed by atoms with Crippen molar-refractivity contribution in [3.05, 3.63) is 52.8 Å². The van der Waals surface area contributed by atoms with E-state index in [9.17, 15) is 4.79 Å². The van der Waals surface area contributed by atoms with Crippen molar-refractivity contribution in [2.75, 3.05) is 38.1 Å². The van der Waals surface area contributed by atoms with Crippen LogP contribution >= 0.6 is 0 Å². The van der Waals surface area contributed by atoms with Gasteiger partial charge in [-0.3, -0.25) is 4.79 Å². The molecule has 0 amide bonds. The maximum atomic E-state index is 12.7. The second kappa shape index (κ2) is 6.56. The fraction of sp³-hybridized carbons (Fsp3) is 0.450. The normalized spacial score (nSPS) is 21.3. The molecule has 130 valence electrons. The number of fused-ring (bicyclic) bond motifs is 1. The van der Waals surface area contributed by atoms with Gasteiger partial charge in [0.15, 0.2) is 5.78 Å². The van der Waals surface area contributed by atoms with Crippen molar-refractivity contribution in [3.8, 4) is 0 Å². The number of rotatable bonds is 2. The predicted molar refractivity (Wildman–Crippen MR) is 98.3 cm³/mol. The summed E-state index contributed by atoms with van der Waals surface area (Å²) in [6.07, 6.45) is 1.37. The molecule has 5 heteroatoms. The van der Waals surface area contributed by atoms with Gasteiger partial charge in [-0.05, 0) is 31.9 Å². The molecule has 0 saturated carbocycles. The van der Waals surface area contributed by atoms with Crippen LogP contribution in [-0.2, 0) is 6.42 Å². The van der Waals surface area contributed by atoms with Crippen molar-refractivity contribution in [1.29, 1.82) is 0 Å².